The molecule has 4 aliphatic carbocycles. The van der Waals surface area contributed by atoms with Gasteiger partial charge in [0.2, 0.25) is 0 Å². The van der Waals surface area contributed by atoms with Gasteiger partial charge in [0.1, 0.15) is 6.10 Å². The average molecular weight is 361 g/mol. The Bertz CT molecular complexity index is 611. The van der Waals surface area contributed by atoms with Crippen molar-refractivity contribution in [3.63, 3.8) is 0 Å². The van der Waals surface area contributed by atoms with Crippen LogP contribution in [0, 0.1) is 34.5 Å². The minimum Gasteiger partial charge on any atom is -0.462 e. The van der Waals surface area contributed by atoms with Gasteiger partial charge < -0.3 is 10.5 Å². The molecule has 3 saturated carbocycles. The van der Waals surface area contributed by atoms with Crippen molar-refractivity contribution in [3.8, 4) is 0 Å². The van der Waals surface area contributed by atoms with Crippen LogP contribution in [0.1, 0.15) is 79.1 Å². The molecule has 0 saturated heterocycles. The third kappa shape index (κ3) is 2.68. The third-order valence-electron chi connectivity index (χ3n) is 9.15. The molecule has 0 aliphatic heterocycles. The summed E-state index contributed by atoms with van der Waals surface area (Å²) in [5.41, 5.74) is 6.87. The van der Waals surface area contributed by atoms with Gasteiger partial charge in [0.25, 0.3) is 0 Å². The molecule has 0 heterocycles. The van der Waals surface area contributed by atoms with Crippen LogP contribution in [0.5, 0.6) is 0 Å². The molecule has 0 unspecified atom stereocenters. The maximum Gasteiger partial charge on any atom is 0.302 e. The number of fused-ring (bicyclic) bond motifs is 5. The fourth-order valence-electron chi connectivity index (χ4n) is 7.94. The summed E-state index contributed by atoms with van der Waals surface area (Å²) < 4.78 is 5.56. The molecule has 8 atom stereocenters. The monoisotopic (exact) mass is 360 g/mol. The molecular weight excluding hydrogens is 322 g/mol. The predicted octanol–water partition coefficient (Wildman–Crippen LogP) is 4.13. The van der Waals surface area contributed by atoms with Crippen LogP contribution >= 0.6 is 0 Å². The van der Waals surface area contributed by atoms with Gasteiger partial charge in [0, 0.05) is 19.3 Å². The number of carbonyl (C=O) groups excluding carboxylic acids is 1. The van der Waals surface area contributed by atoms with Gasteiger partial charge in [-0.3, -0.25) is 4.79 Å². The van der Waals surface area contributed by atoms with Crippen LogP contribution in [0.2, 0.25) is 0 Å². The molecule has 0 radical (unpaired) electrons. The van der Waals surface area contributed by atoms with Crippen LogP contribution in [-0.2, 0) is 9.53 Å². The summed E-state index contributed by atoms with van der Waals surface area (Å²) in [5, 5.41) is 0. The zero-order valence-corrected chi connectivity index (χ0v) is 17.2. The molecule has 0 aromatic rings. The van der Waals surface area contributed by atoms with Crippen molar-refractivity contribution in [3.05, 3.63) is 11.6 Å². The standard InChI is InChI=1S/C23H37NO2/c1-14(24)19-7-8-20-18-6-5-16-13-17(26-15(2)25)9-11-22(16,3)21(18)10-12-23(19,20)4/h5,14,17-21H,6-13,24H2,1-4H3/p+1/t14-,17-,18+,19+,20+,21+,22-,23+/m0/s1. The number of ether oxygens (including phenoxy) is 1. The van der Waals surface area contributed by atoms with Gasteiger partial charge in [-0.15, -0.1) is 0 Å². The zero-order valence-electron chi connectivity index (χ0n) is 17.2. The van der Waals surface area contributed by atoms with Crippen molar-refractivity contribution >= 4 is 5.97 Å². The maximum absolute atomic E-state index is 11.4. The highest BCUT2D eigenvalue weighted by atomic mass is 16.5. The molecule has 3 heteroatoms. The molecule has 4 rings (SSSR count). The highest BCUT2D eigenvalue weighted by Crippen LogP contribution is 2.66. The van der Waals surface area contributed by atoms with E-state index in [2.05, 4.69) is 32.6 Å². The minimum absolute atomic E-state index is 0.111. The Balaban J connectivity index is 1.58. The smallest absolute Gasteiger partial charge is 0.302 e. The summed E-state index contributed by atoms with van der Waals surface area (Å²) in [6, 6.07) is 0.575. The number of rotatable bonds is 2. The largest absolute Gasteiger partial charge is 0.462 e. The van der Waals surface area contributed by atoms with E-state index in [4.69, 9.17) is 4.74 Å². The second-order valence-electron chi connectivity index (χ2n) is 10.4. The van der Waals surface area contributed by atoms with E-state index < -0.39 is 0 Å². The maximum atomic E-state index is 11.4. The van der Waals surface area contributed by atoms with Crippen LogP contribution in [0.3, 0.4) is 0 Å². The molecule has 146 valence electrons. The lowest BCUT2D eigenvalue weighted by atomic mass is 9.47. The summed E-state index contributed by atoms with van der Waals surface area (Å²) >= 11 is 0. The Morgan fingerprint density at radius 3 is 2.65 bits per heavy atom. The topological polar surface area (TPSA) is 53.9 Å². The fraction of sp³-hybridized carbons (Fsp3) is 0.870. The molecule has 26 heavy (non-hydrogen) atoms. The van der Waals surface area contributed by atoms with Gasteiger partial charge in [0.15, 0.2) is 0 Å². The first-order valence-electron chi connectivity index (χ1n) is 11.0. The van der Waals surface area contributed by atoms with E-state index >= 15 is 0 Å². The molecule has 0 bridgehead atoms. The van der Waals surface area contributed by atoms with Crippen LogP contribution in [0.25, 0.3) is 0 Å². The van der Waals surface area contributed by atoms with Gasteiger partial charge in [-0.05, 0) is 80.5 Å². The van der Waals surface area contributed by atoms with Gasteiger partial charge in [-0.25, -0.2) is 0 Å². The minimum atomic E-state index is -0.124. The molecule has 4 aliphatic rings. The molecule has 3 fully saturated rings. The highest BCUT2D eigenvalue weighted by Gasteiger charge is 2.59. The van der Waals surface area contributed by atoms with Crippen molar-refractivity contribution in [2.75, 3.05) is 0 Å². The van der Waals surface area contributed by atoms with Crippen molar-refractivity contribution in [1.82, 2.24) is 0 Å². The Hall–Kier alpha value is -0.830. The van der Waals surface area contributed by atoms with E-state index in [0.717, 1.165) is 36.5 Å². The second kappa shape index (κ2) is 6.36. The number of carbonyl (C=O) groups is 1. The molecule has 0 aromatic carbocycles. The first-order chi connectivity index (χ1) is 12.3. The Labute approximate surface area is 159 Å². The van der Waals surface area contributed by atoms with Crippen LogP contribution in [0.4, 0.5) is 0 Å². The van der Waals surface area contributed by atoms with Crippen LogP contribution < -0.4 is 5.73 Å². The summed E-state index contributed by atoms with van der Waals surface area (Å²) in [6.45, 7) is 8.99. The summed E-state index contributed by atoms with van der Waals surface area (Å²) in [5.74, 6) is 3.26. The van der Waals surface area contributed by atoms with Gasteiger partial charge >= 0.3 is 5.97 Å². The van der Waals surface area contributed by atoms with Crippen molar-refractivity contribution in [1.29, 1.82) is 0 Å². The molecule has 3 nitrogen and oxygen atoms in total. The summed E-state index contributed by atoms with van der Waals surface area (Å²) in [7, 11) is 0. The number of quaternary nitrogens is 1. The molecular formula is C23H38NO2+. The van der Waals surface area contributed by atoms with Gasteiger partial charge in [0.05, 0.1) is 6.04 Å². The van der Waals surface area contributed by atoms with E-state index in [1.165, 1.54) is 38.5 Å². The van der Waals surface area contributed by atoms with Crippen molar-refractivity contribution in [2.24, 2.45) is 34.5 Å². The van der Waals surface area contributed by atoms with Crippen molar-refractivity contribution < 1.29 is 15.3 Å². The summed E-state index contributed by atoms with van der Waals surface area (Å²) in [4.78, 5) is 11.4. The molecule has 0 amide bonds. The lowest BCUT2D eigenvalue weighted by Crippen LogP contribution is -2.65. The normalized spacial score (nSPS) is 48.7. The van der Waals surface area contributed by atoms with E-state index in [1.54, 1.807) is 12.5 Å². The molecule has 0 aromatic heterocycles. The van der Waals surface area contributed by atoms with E-state index in [-0.39, 0.29) is 12.1 Å². The Morgan fingerprint density at radius 1 is 1.19 bits per heavy atom. The molecule has 3 N–H and O–H groups in total. The fourth-order valence-corrected chi connectivity index (χ4v) is 7.94. The predicted molar refractivity (Wildman–Crippen MR) is 103 cm³/mol. The Morgan fingerprint density at radius 2 is 1.96 bits per heavy atom. The number of esters is 1. The SMILES string of the molecule is CC(=O)O[C@H]1CC[C@@]2(C)C(=CC[C@@H]3[C@H]4CC[C@H]([C@H](C)[NH3+])[C@@]4(C)CC[C@H]32)C1. The quantitative estimate of drug-likeness (QED) is 0.595. The lowest BCUT2D eigenvalue weighted by Gasteiger charge is -2.58. The third-order valence-corrected chi connectivity index (χ3v) is 9.15. The zero-order chi connectivity index (χ0) is 18.7. The van der Waals surface area contributed by atoms with Crippen molar-refractivity contribution in [2.45, 2.75) is 91.2 Å². The van der Waals surface area contributed by atoms with Crippen LogP contribution in [0.15, 0.2) is 11.6 Å². The second-order valence-corrected chi connectivity index (χ2v) is 10.4. The number of hydrogen-bond donors (Lipinski definition) is 1. The van der Waals surface area contributed by atoms with E-state index in [9.17, 15) is 4.79 Å². The average Bonchev–Trinajstić information content (AvgIpc) is 2.92. The van der Waals surface area contributed by atoms with Gasteiger partial charge in [-0.1, -0.05) is 25.5 Å². The first kappa shape index (κ1) is 18.5. The number of allylic oxidation sites excluding steroid dienone is 1. The summed E-state index contributed by atoms with van der Waals surface area (Å²) in [6.07, 6.45) is 12.7. The van der Waals surface area contributed by atoms with E-state index in [0.29, 0.717) is 16.9 Å². The molecule has 0 spiro atoms. The Kier molecular flexibility index (Phi) is 4.53. The van der Waals surface area contributed by atoms with Crippen LogP contribution in [-0.4, -0.2) is 18.1 Å². The highest BCUT2D eigenvalue weighted by molar-refractivity contribution is 5.66. The first-order valence-corrected chi connectivity index (χ1v) is 11.0. The van der Waals surface area contributed by atoms with Gasteiger partial charge in [-0.2, -0.15) is 0 Å². The lowest BCUT2D eigenvalue weighted by molar-refractivity contribution is -0.433. The number of hydrogen-bond acceptors (Lipinski definition) is 2. The van der Waals surface area contributed by atoms with E-state index in [1.807, 2.05) is 0 Å².